The topological polar surface area (TPSA) is 37.3 Å². The van der Waals surface area contributed by atoms with Gasteiger partial charge in [-0.25, -0.2) is 0 Å². The van der Waals surface area contributed by atoms with Gasteiger partial charge in [0.25, 0.3) is 5.97 Å². The first-order valence-electron chi connectivity index (χ1n) is 4.46. The Morgan fingerprint density at radius 3 is 0.714 bits per heavy atom. The van der Waals surface area contributed by atoms with Crippen LogP contribution in [0.4, 0.5) is 0 Å². The molecule has 0 saturated carbocycles. The number of hydrogen-bond donors (Lipinski definition) is 1. The fraction of sp³-hybridized carbons (Fsp3) is 0.500. The summed E-state index contributed by atoms with van der Waals surface area (Å²) in [5, 5.41) is 7.42. The van der Waals surface area contributed by atoms with E-state index in [0.29, 0.717) is 0 Å². The lowest BCUT2D eigenvalue weighted by molar-refractivity contribution is -0.134. The zero-order chi connectivity index (χ0) is 13.6. The second kappa shape index (κ2) is 269. The molecule has 0 aliphatic heterocycles. The maximum absolute atomic E-state index is 9.00. The summed E-state index contributed by atoms with van der Waals surface area (Å²) in [5.74, 6) is -0.833. The van der Waals surface area contributed by atoms with Crippen molar-refractivity contribution < 1.29 is 9.90 Å². The van der Waals surface area contributed by atoms with Crippen LogP contribution in [0.2, 0.25) is 0 Å². The number of aliphatic carboxylic acids is 1. The van der Waals surface area contributed by atoms with Crippen LogP contribution in [0.3, 0.4) is 0 Å². The highest BCUT2D eigenvalue weighted by atomic mass is 16.4. The van der Waals surface area contributed by atoms with Crippen LogP contribution in [0.5, 0.6) is 0 Å². The highest BCUT2D eigenvalue weighted by Crippen LogP contribution is 1.42. The van der Waals surface area contributed by atoms with Gasteiger partial charge < -0.3 is 5.11 Å². The summed E-state index contributed by atoms with van der Waals surface area (Å²) in [7, 11) is 0. The van der Waals surface area contributed by atoms with E-state index in [-0.39, 0.29) is 0 Å². The van der Waals surface area contributed by atoms with Crippen LogP contribution in [0.15, 0.2) is 0 Å². The van der Waals surface area contributed by atoms with Gasteiger partial charge in [-0.05, 0) is 0 Å². The SMILES string of the molecule is CC(=O)O.[CH2]C.[CH2]C.[CH2]C.[CH2]C.[CH2]C. The summed E-state index contributed by atoms with van der Waals surface area (Å²) < 4.78 is 0. The van der Waals surface area contributed by atoms with Crippen molar-refractivity contribution in [2.24, 2.45) is 0 Å². The summed E-state index contributed by atoms with van der Waals surface area (Å²) in [6.45, 7) is 26.1. The van der Waals surface area contributed by atoms with E-state index in [1.165, 1.54) is 0 Å². The first-order valence-corrected chi connectivity index (χ1v) is 4.46. The molecule has 0 aromatic heterocycles. The number of hydrogen-bond acceptors (Lipinski definition) is 1. The molecule has 0 aliphatic rings. The molecule has 2 nitrogen and oxygen atoms in total. The lowest BCUT2D eigenvalue weighted by Crippen LogP contribution is -1.78. The van der Waals surface area contributed by atoms with E-state index in [0.717, 1.165) is 6.92 Å². The predicted molar refractivity (Wildman–Crippen MR) is 68.5 cm³/mol. The average Bonchev–Trinajstić information content (AvgIpc) is 2.30. The minimum Gasteiger partial charge on any atom is -0.481 e. The van der Waals surface area contributed by atoms with Gasteiger partial charge in [-0.1, -0.05) is 69.2 Å². The van der Waals surface area contributed by atoms with Crippen molar-refractivity contribution in [1.82, 2.24) is 0 Å². The Morgan fingerprint density at radius 2 is 0.714 bits per heavy atom. The first-order chi connectivity index (χ1) is 6.73. The van der Waals surface area contributed by atoms with Gasteiger partial charge >= 0.3 is 0 Å². The monoisotopic (exact) mass is 205 g/mol. The fourth-order valence-electron chi connectivity index (χ4n) is 0. The Kier molecular flexibility index (Phi) is 721. The van der Waals surface area contributed by atoms with Crippen molar-refractivity contribution in [3.05, 3.63) is 34.6 Å². The molecule has 5 radical (unpaired) electrons. The van der Waals surface area contributed by atoms with Gasteiger partial charge in [-0.15, -0.1) is 0 Å². The summed E-state index contributed by atoms with van der Waals surface area (Å²) in [5.41, 5.74) is 0. The minimum atomic E-state index is -0.833. The maximum atomic E-state index is 9.00. The Bertz CT molecular complexity index is 31.3. The normalized spacial score (nSPS) is 3.93. The molecule has 14 heavy (non-hydrogen) atoms. The van der Waals surface area contributed by atoms with Gasteiger partial charge in [0.2, 0.25) is 0 Å². The molecule has 0 aliphatic carbocycles. The Morgan fingerprint density at radius 1 is 0.714 bits per heavy atom. The quantitative estimate of drug-likeness (QED) is 0.640. The highest BCUT2D eigenvalue weighted by molar-refractivity contribution is 5.62. The van der Waals surface area contributed by atoms with Crippen molar-refractivity contribution in [2.75, 3.05) is 0 Å². The predicted octanol–water partition coefficient (Wildman–Crippen LogP) is 4.29. The third kappa shape index (κ3) is 4480. The molecule has 0 aromatic rings. The second-order valence-electron chi connectivity index (χ2n) is 0.519. The van der Waals surface area contributed by atoms with Crippen LogP contribution >= 0.6 is 0 Å². The van der Waals surface area contributed by atoms with Gasteiger partial charge in [0, 0.05) is 6.92 Å². The molecule has 0 amide bonds. The number of carbonyl (C=O) groups is 1. The van der Waals surface area contributed by atoms with E-state index in [1.807, 2.05) is 0 Å². The lowest BCUT2D eigenvalue weighted by Gasteiger charge is -1.59. The van der Waals surface area contributed by atoms with Crippen LogP contribution in [0, 0.1) is 34.6 Å². The van der Waals surface area contributed by atoms with Crippen LogP contribution < -0.4 is 0 Å². The molecule has 0 fully saturated rings. The van der Waals surface area contributed by atoms with Gasteiger partial charge in [-0.2, -0.15) is 0 Å². The molecular formula is C12H29O2. The van der Waals surface area contributed by atoms with Crippen molar-refractivity contribution in [3.63, 3.8) is 0 Å². The van der Waals surface area contributed by atoms with Gasteiger partial charge in [0.1, 0.15) is 0 Å². The molecule has 1 N–H and O–H groups in total. The van der Waals surface area contributed by atoms with Crippen molar-refractivity contribution in [2.45, 2.75) is 41.5 Å². The third-order valence-corrected chi connectivity index (χ3v) is 0. The summed E-state index contributed by atoms with van der Waals surface area (Å²) >= 11 is 0. The summed E-state index contributed by atoms with van der Waals surface area (Å²) in [4.78, 5) is 9.00. The van der Waals surface area contributed by atoms with Crippen molar-refractivity contribution >= 4 is 5.97 Å². The Hall–Kier alpha value is -0.530. The fourth-order valence-corrected chi connectivity index (χ4v) is 0. The van der Waals surface area contributed by atoms with E-state index in [4.69, 9.17) is 9.90 Å². The highest BCUT2D eigenvalue weighted by Gasteiger charge is 1.65. The largest absolute Gasteiger partial charge is 0.481 e. The second-order valence-corrected chi connectivity index (χ2v) is 0.519. The maximum Gasteiger partial charge on any atom is 0.300 e. The van der Waals surface area contributed by atoms with Gasteiger partial charge in [0.15, 0.2) is 0 Å². The van der Waals surface area contributed by atoms with Gasteiger partial charge in [-0.3, -0.25) is 4.79 Å². The molecule has 0 unspecified atom stereocenters. The Balaban J connectivity index is -0.0000000143. The average molecular weight is 205 g/mol. The molecule has 0 heterocycles. The zero-order valence-electron chi connectivity index (χ0n) is 10.9. The van der Waals surface area contributed by atoms with E-state index < -0.39 is 5.97 Å². The summed E-state index contributed by atoms with van der Waals surface area (Å²) in [6, 6.07) is 0. The molecular weight excluding hydrogens is 176 g/mol. The Labute approximate surface area is 92.7 Å². The number of carboxylic acids is 1. The standard InChI is InChI=1S/C2H4O2.5C2H5/c1-2(3)4;5*1-2/h1H3,(H,3,4);5*1H2,2H3. The smallest absolute Gasteiger partial charge is 0.300 e. The summed E-state index contributed by atoms with van der Waals surface area (Å²) in [6.07, 6.45) is 0. The molecule has 2 heteroatoms. The van der Waals surface area contributed by atoms with Crippen LogP contribution in [-0.2, 0) is 4.79 Å². The number of rotatable bonds is 0. The lowest BCUT2D eigenvalue weighted by atomic mass is 10.9. The van der Waals surface area contributed by atoms with E-state index >= 15 is 0 Å². The van der Waals surface area contributed by atoms with E-state index in [2.05, 4.69) is 34.6 Å². The molecule has 89 valence electrons. The van der Waals surface area contributed by atoms with Crippen LogP contribution in [0.25, 0.3) is 0 Å². The molecule has 0 bridgehead atoms. The van der Waals surface area contributed by atoms with Crippen molar-refractivity contribution in [3.8, 4) is 0 Å². The molecule has 0 saturated heterocycles. The van der Waals surface area contributed by atoms with E-state index in [9.17, 15) is 0 Å². The molecule has 0 spiro atoms. The molecule has 0 atom stereocenters. The number of carboxylic acid groups (broad SMARTS) is 1. The van der Waals surface area contributed by atoms with Crippen LogP contribution in [-0.4, -0.2) is 11.1 Å². The van der Waals surface area contributed by atoms with Crippen LogP contribution in [0.1, 0.15) is 41.5 Å². The zero-order valence-corrected chi connectivity index (χ0v) is 10.9. The minimum absolute atomic E-state index is 0.833. The van der Waals surface area contributed by atoms with Crippen molar-refractivity contribution in [1.29, 1.82) is 0 Å². The first kappa shape index (κ1) is 37.5. The molecule has 0 aromatic carbocycles. The van der Waals surface area contributed by atoms with E-state index in [1.54, 1.807) is 34.6 Å². The third-order valence-electron chi connectivity index (χ3n) is 0. The van der Waals surface area contributed by atoms with Gasteiger partial charge in [0.05, 0.1) is 0 Å². The molecule has 0 rings (SSSR count).